The number of aliphatic hydroxyl groups excluding tert-OH is 2. The Morgan fingerprint density at radius 1 is 0.354 bits per heavy atom. The van der Waals surface area contributed by atoms with Crippen LogP contribution in [-0.2, 0) is 14.3 Å². The van der Waals surface area contributed by atoms with Gasteiger partial charge in [0, 0.05) is 12.8 Å². The maximum atomic E-state index is 12.5. The van der Waals surface area contributed by atoms with Crippen molar-refractivity contribution in [1.29, 1.82) is 0 Å². The summed E-state index contributed by atoms with van der Waals surface area (Å²) in [6.45, 7) is 4.90. The Kier molecular flexibility index (Phi) is 66.4. The van der Waals surface area contributed by atoms with Crippen molar-refractivity contribution in [3.8, 4) is 0 Å². The number of aliphatic hydroxyl groups is 2. The topological polar surface area (TPSA) is 95.9 Å². The summed E-state index contributed by atoms with van der Waals surface area (Å²) in [5, 5.41) is 23.2. The quantitative estimate of drug-likeness (QED) is 0.0320. The molecular formula is C73H137NO5. The van der Waals surface area contributed by atoms with Crippen molar-refractivity contribution >= 4 is 11.9 Å². The number of unbranched alkanes of at least 4 members (excludes halogenated alkanes) is 49. The van der Waals surface area contributed by atoms with Gasteiger partial charge in [-0.3, -0.25) is 9.59 Å². The summed E-state index contributed by atoms with van der Waals surface area (Å²) < 4.78 is 5.50. The van der Waals surface area contributed by atoms with Crippen molar-refractivity contribution in [3.05, 3.63) is 48.6 Å². The molecule has 6 heteroatoms. The molecule has 0 bridgehead atoms. The van der Waals surface area contributed by atoms with E-state index in [-0.39, 0.29) is 18.5 Å². The molecule has 0 aromatic heterocycles. The first-order chi connectivity index (χ1) is 39.0. The van der Waals surface area contributed by atoms with Crippen LogP contribution in [0.1, 0.15) is 380 Å². The molecule has 0 radical (unpaired) electrons. The Labute approximate surface area is 493 Å². The minimum absolute atomic E-state index is 0.00633. The molecule has 464 valence electrons. The molecule has 2 unspecified atom stereocenters. The van der Waals surface area contributed by atoms with E-state index in [1.54, 1.807) is 6.08 Å². The third-order valence-corrected chi connectivity index (χ3v) is 16.3. The molecule has 6 nitrogen and oxygen atoms in total. The summed E-state index contributed by atoms with van der Waals surface area (Å²) in [6, 6.07) is -0.631. The van der Waals surface area contributed by atoms with Gasteiger partial charge in [-0.2, -0.15) is 0 Å². The lowest BCUT2D eigenvalue weighted by atomic mass is 10.0. The van der Waals surface area contributed by atoms with Gasteiger partial charge in [-0.1, -0.05) is 326 Å². The van der Waals surface area contributed by atoms with Crippen LogP contribution >= 0.6 is 0 Å². The Morgan fingerprint density at radius 2 is 0.633 bits per heavy atom. The van der Waals surface area contributed by atoms with E-state index >= 15 is 0 Å². The molecule has 0 aliphatic rings. The third kappa shape index (κ3) is 64.8. The van der Waals surface area contributed by atoms with Crippen molar-refractivity contribution in [1.82, 2.24) is 5.32 Å². The van der Waals surface area contributed by atoms with Crippen molar-refractivity contribution in [3.63, 3.8) is 0 Å². The largest absolute Gasteiger partial charge is 0.466 e. The van der Waals surface area contributed by atoms with Crippen LogP contribution in [-0.4, -0.2) is 47.4 Å². The lowest BCUT2D eigenvalue weighted by Gasteiger charge is -2.20. The zero-order chi connectivity index (χ0) is 57.1. The summed E-state index contributed by atoms with van der Waals surface area (Å²) in [5.74, 6) is -0.0609. The molecule has 0 fully saturated rings. The number of carbonyl (C=O) groups is 2. The second-order valence-electron chi connectivity index (χ2n) is 24.2. The number of esters is 1. The number of carbonyl (C=O) groups excluding carboxylic acids is 2. The van der Waals surface area contributed by atoms with Gasteiger partial charge in [0.15, 0.2) is 0 Å². The average Bonchev–Trinajstić information content (AvgIpc) is 3.45. The second-order valence-corrected chi connectivity index (χ2v) is 24.2. The van der Waals surface area contributed by atoms with E-state index in [1.807, 2.05) is 6.08 Å². The number of allylic oxidation sites excluding steroid dienone is 7. The molecule has 0 aromatic rings. The van der Waals surface area contributed by atoms with E-state index in [1.165, 1.54) is 302 Å². The Balaban J connectivity index is 3.41. The Hall–Kier alpha value is -2.18. The van der Waals surface area contributed by atoms with Gasteiger partial charge >= 0.3 is 5.97 Å². The van der Waals surface area contributed by atoms with Gasteiger partial charge in [0.2, 0.25) is 5.91 Å². The molecule has 0 aromatic carbocycles. The highest BCUT2D eigenvalue weighted by Gasteiger charge is 2.18. The Morgan fingerprint density at radius 3 is 1.00 bits per heavy atom. The number of hydrogen-bond donors (Lipinski definition) is 3. The predicted octanol–water partition coefficient (Wildman–Crippen LogP) is 22.9. The van der Waals surface area contributed by atoms with E-state index in [0.29, 0.717) is 19.4 Å². The zero-order valence-corrected chi connectivity index (χ0v) is 53.1. The minimum atomic E-state index is -0.847. The maximum absolute atomic E-state index is 12.5. The molecule has 1 amide bonds. The number of ether oxygens (including phenoxy) is 1. The Bertz CT molecular complexity index is 1320. The number of hydrogen-bond acceptors (Lipinski definition) is 5. The standard InChI is InChI=1S/C73H137NO5/c1-3-5-7-9-11-13-15-17-19-21-30-34-37-41-45-49-53-57-61-65-71(76)70(69-75)74-72(77)66-62-58-54-50-46-42-38-35-31-28-26-24-22-23-25-27-29-32-36-40-44-48-52-56-60-64-68-79-73(78)67-63-59-55-51-47-43-39-33-20-18-16-14-12-10-8-6-4-2/h12,14,18,20,22,24,61,65,70-71,75-76H,3-11,13,15-17,19,21,23,25-60,62-64,66-69H2,1-2H3,(H,74,77)/b14-12-,20-18-,24-22-,65-61+. The fourth-order valence-electron chi connectivity index (χ4n) is 10.9. The number of nitrogens with one attached hydrogen (secondary N) is 1. The highest BCUT2D eigenvalue weighted by atomic mass is 16.5. The lowest BCUT2D eigenvalue weighted by Crippen LogP contribution is -2.45. The first-order valence-corrected chi connectivity index (χ1v) is 35.4. The van der Waals surface area contributed by atoms with Crippen LogP contribution in [0, 0.1) is 0 Å². The SMILES string of the molecule is CCCCC/C=C\C/C=C\CCCCCCCCCC(=O)OCCCCCCCCCCCCCC/C=C\CCCCCCCCCCCCC(=O)NC(CO)C(O)/C=C/CCCCCCCCCCCCCCCCCCC. The van der Waals surface area contributed by atoms with E-state index < -0.39 is 12.1 Å². The van der Waals surface area contributed by atoms with Crippen molar-refractivity contribution in [2.45, 2.75) is 392 Å². The molecule has 3 N–H and O–H groups in total. The van der Waals surface area contributed by atoms with Crippen LogP contribution in [0.25, 0.3) is 0 Å². The molecular weight excluding hydrogens is 971 g/mol. The van der Waals surface area contributed by atoms with Crippen molar-refractivity contribution in [2.24, 2.45) is 0 Å². The van der Waals surface area contributed by atoms with Gasteiger partial charge < -0.3 is 20.3 Å². The van der Waals surface area contributed by atoms with Gasteiger partial charge in [-0.05, 0) is 89.9 Å². The fourth-order valence-corrected chi connectivity index (χ4v) is 10.9. The van der Waals surface area contributed by atoms with E-state index in [0.717, 1.165) is 51.4 Å². The fraction of sp³-hybridized carbons (Fsp3) is 0.863. The molecule has 0 aliphatic heterocycles. The predicted molar refractivity (Wildman–Crippen MR) is 347 cm³/mol. The molecule has 0 saturated carbocycles. The van der Waals surface area contributed by atoms with Crippen molar-refractivity contribution in [2.75, 3.05) is 13.2 Å². The van der Waals surface area contributed by atoms with Gasteiger partial charge in [-0.15, -0.1) is 0 Å². The molecule has 0 rings (SSSR count). The zero-order valence-electron chi connectivity index (χ0n) is 53.1. The van der Waals surface area contributed by atoms with Gasteiger partial charge in [-0.25, -0.2) is 0 Å². The first-order valence-electron chi connectivity index (χ1n) is 35.4. The van der Waals surface area contributed by atoms with Crippen LogP contribution in [0.5, 0.6) is 0 Å². The molecule has 0 saturated heterocycles. The monoisotopic (exact) mass is 1110 g/mol. The summed E-state index contributed by atoms with van der Waals surface area (Å²) >= 11 is 0. The second kappa shape index (κ2) is 68.3. The van der Waals surface area contributed by atoms with Crippen LogP contribution in [0.4, 0.5) is 0 Å². The smallest absolute Gasteiger partial charge is 0.305 e. The molecule has 79 heavy (non-hydrogen) atoms. The summed E-state index contributed by atoms with van der Waals surface area (Å²) in [6.07, 6.45) is 89.0. The van der Waals surface area contributed by atoms with E-state index in [4.69, 9.17) is 4.74 Å². The average molecular weight is 1110 g/mol. The van der Waals surface area contributed by atoms with Crippen LogP contribution < -0.4 is 5.32 Å². The summed E-state index contributed by atoms with van der Waals surface area (Å²) in [4.78, 5) is 24.6. The van der Waals surface area contributed by atoms with Gasteiger partial charge in [0.1, 0.15) is 0 Å². The third-order valence-electron chi connectivity index (χ3n) is 16.3. The number of amides is 1. The molecule has 0 spiro atoms. The minimum Gasteiger partial charge on any atom is -0.466 e. The lowest BCUT2D eigenvalue weighted by molar-refractivity contribution is -0.143. The van der Waals surface area contributed by atoms with E-state index in [2.05, 4.69) is 55.6 Å². The first kappa shape index (κ1) is 76.8. The summed E-state index contributed by atoms with van der Waals surface area (Å²) in [5.41, 5.74) is 0. The van der Waals surface area contributed by atoms with E-state index in [9.17, 15) is 19.8 Å². The highest BCUT2D eigenvalue weighted by Crippen LogP contribution is 2.18. The number of rotatable bonds is 66. The highest BCUT2D eigenvalue weighted by molar-refractivity contribution is 5.76. The summed E-state index contributed by atoms with van der Waals surface area (Å²) in [7, 11) is 0. The normalized spacial score (nSPS) is 12.8. The molecule has 0 aliphatic carbocycles. The van der Waals surface area contributed by atoms with Gasteiger partial charge in [0.25, 0.3) is 0 Å². The molecule has 0 heterocycles. The van der Waals surface area contributed by atoms with Crippen LogP contribution in [0.2, 0.25) is 0 Å². The van der Waals surface area contributed by atoms with Crippen LogP contribution in [0.15, 0.2) is 48.6 Å². The molecule has 2 atom stereocenters. The van der Waals surface area contributed by atoms with Crippen LogP contribution in [0.3, 0.4) is 0 Å². The van der Waals surface area contributed by atoms with Gasteiger partial charge in [0.05, 0.1) is 25.4 Å². The van der Waals surface area contributed by atoms with Crippen molar-refractivity contribution < 1.29 is 24.5 Å². The maximum Gasteiger partial charge on any atom is 0.305 e.